The van der Waals surface area contributed by atoms with E-state index in [1.807, 2.05) is 13.8 Å². The summed E-state index contributed by atoms with van der Waals surface area (Å²) in [6, 6.07) is 4.29. The Bertz CT molecular complexity index is 546. The fourth-order valence-corrected chi connectivity index (χ4v) is 2.57. The summed E-state index contributed by atoms with van der Waals surface area (Å²) < 4.78 is 2.17. The molecule has 3 rings (SSSR count). The maximum atomic E-state index is 6.18. The van der Waals surface area contributed by atoms with Crippen molar-refractivity contribution in [2.24, 2.45) is 5.73 Å². The molecule has 0 saturated carbocycles. The van der Waals surface area contributed by atoms with E-state index < -0.39 is 0 Å². The molecule has 3 nitrogen and oxygen atoms in total. The molecule has 0 atom stereocenters. The molecule has 0 amide bonds. The van der Waals surface area contributed by atoms with Gasteiger partial charge in [-0.3, -0.25) is 0 Å². The second kappa shape index (κ2) is 3.08. The first kappa shape index (κ1) is 9.85. The lowest BCUT2D eigenvalue weighted by Gasteiger charge is -2.17. The van der Waals surface area contributed by atoms with Crippen LogP contribution in [0.5, 0.6) is 0 Å². The topological polar surface area (TPSA) is 43.3 Å². The number of hydrogen-bond donors (Lipinski definition) is 1. The van der Waals surface area contributed by atoms with E-state index >= 15 is 0 Å². The van der Waals surface area contributed by atoms with Crippen LogP contribution >= 0.6 is 0 Å². The first-order valence-corrected chi connectivity index (χ1v) is 5.85. The van der Waals surface area contributed by atoms with Gasteiger partial charge in [0, 0.05) is 6.20 Å². The van der Waals surface area contributed by atoms with Gasteiger partial charge in [0.05, 0.1) is 16.7 Å². The highest BCUT2D eigenvalue weighted by molar-refractivity contribution is 5.62. The number of rotatable bonds is 1. The Morgan fingerprint density at radius 2 is 2.19 bits per heavy atom. The Hall–Kier alpha value is -1.35. The molecule has 0 saturated heterocycles. The van der Waals surface area contributed by atoms with Crippen LogP contribution in [-0.2, 0) is 18.4 Å². The first-order valence-electron chi connectivity index (χ1n) is 5.85. The van der Waals surface area contributed by atoms with Crippen molar-refractivity contribution in [2.45, 2.75) is 38.6 Å². The molecule has 0 fully saturated rings. The fraction of sp³-hybridized carbons (Fsp3) is 0.462. The number of aromatic nitrogens is 2. The van der Waals surface area contributed by atoms with Gasteiger partial charge in [-0.05, 0) is 44.7 Å². The normalized spacial score (nSPS) is 15.7. The molecule has 2 heterocycles. The van der Waals surface area contributed by atoms with Crippen molar-refractivity contribution < 1.29 is 0 Å². The van der Waals surface area contributed by atoms with Crippen molar-refractivity contribution in [1.82, 2.24) is 9.38 Å². The molecule has 2 aromatic rings. The average molecular weight is 215 g/mol. The van der Waals surface area contributed by atoms with Gasteiger partial charge in [0.1, 0.15) is 5.82 Å². The van der Waals surface area contributed by atoms with Gasteiger partial charge in [0.2, 0.25) is 0 Å². The summed E-state index contributed by atoms with van der Waals surface area (Å²) in [6.07, 6.45) is 5.52. The van der Waals surface area contributed by atoms with Gasteiger partial charge in [-0.25, -0.2) is 4.98 Å². The molecule has 2 aromatic heterocycles. The maximum Gasteiger partial charge on any atom is 0.133 e. The first-order chi connectivity index (χ1) is 7.57. The predicted octanol–water partition coefficient (Wildman–Crippen LogP) is 2.02. The van der Waals surface area contributed by atoms with E-state index in [-0.39, 0.29) is 5.54 Å². The van der Waals surface area contributed by atoms with Crippen LogP contribution in [0.2, 0.25) is 0 Å². The predicted molar refractivity (Wildman–Crippen MR) is 64.4 cm³/mol. The van der Waals surface area contributed by atoms with Gasteiger partial charge in [-0.1, -0.05) is 6.07 Å². The Labute approximate surface area is 95.3 Å². The molecule has 0 aromatic carbocycles. The summed E-state index contributed by atoms with van der Waals surface area (Å²) in [7, 11) is 0. The molecule has 3 heteroatoms. The lowest BCUT2D eigenvalue weighted by atomic mass is 9.99. The summed E-state index contributed by atoms with van der Waals surface area (Å²) in [5.74, 6) is 0.973. The van der Waals surface area contributed by atoms with Crippen LogP contribution < -0.4 is 5.73 Å². The van der Waals surface area contributed by atoms with Gasteiger partial charge in [0.25, 0.3) is 0 Å². The van der Waals surface area contributed by atoms with E-state index in [1.165, 1.54) is 23.2 Å². The van der Waals surface area contributed by atoms with Gasteiger partial charge >= 0.3 is 0 Å². The number of nitrogens with two attached hydrogens (primary N) is 1. The quantitative estimate of drug-likeness (QED) is 0.790. The number of pyridine rings is 1. The fourth-order valence-electron chi connectivity index (χ4n) is 2.57. The Morgan fingerprint density at radius 1 is 1.38 bits per heavy atom. The van der Waals surface area contributed by atoms with Crippen LogP contribution in [-0.4, -0.2) is 9.38 Å². The summed E-state index contributed by atoms with van der Waals surface area (Å²) >= 11 is 0. The molecule has 0 unspecified atom stereocenters. The van der Waals surface area contributed by atoms with E-state index in [1.54, 1.807) is 0 Å². The molecule has 16 heavy (non-hydrogen) atoms. The van der Waals surface area contributed by atoms with Gasteiger partial charge in [-0.15, -0.1) is 0 Å². The molecular weight excluding hydrogens is 198 g/mol. The van der Waals surface area contributed by atoms with E-state index in [2.05, 4.69) is 22.7 Å². The second-order valence-electron chi connectivity index (χ2n) is 5.21. The minimum atomic E-state index is -0.385. The molecule has 2 N–H and O–H groups in total. The minimum Gasteiger partial charge on any atom is -0.319 e. The Morgan fingerprint density at radius 3 is 2.94 bits per heavy atom. The zero-order valence-electron chi connectivity index (χ0n) is 9.83. The molecule has 0 spiro atoms. The zero-order valence-corrected chi connectivity index (χ0v) is 9.83. The smallest absolute Gasteiger partial charge is 0.133 e. The van der Waals surface area contributed by atoms with Crippen LogP contribution in [0.25, 0.3) is 5.52 Å². The van der Waals surface area contributed by atoms with Gasteiger partial charge in [-0.2, -0.15) is 0 Å². The van der Waals surface area contributed by atoms with Crippen LogP contribution in [0.3, 0.4) is 0 Å². The highest BCUT2D eigenvalue weighted by Gasteiger charge is 2.25. The van der Waals surface area contributed by atoms with E-state index in [4.69, 9.17) is 10.7 Å². The SMILES string of the molecule is CC(C)(N)c1nc2c3c(cccn13)CCC2. The third-order valence-corrected chi connectivity index (χ3v) is 3.26. The molecule has 0 radical (unpaired) electrons. The van der Waals surface area contributed by atoms with Gasteiger partial charge < -0.3 is 10.1 Å². The monoisotopic (exact) mass is 215 g/mol. The standard InChI is InChI=1S/C13H17N3/c1-13(2,14)12-15-10-7-3-5-9-6-4-8-16(12)11(9)10/h4,6,8H,3,5,7,14H2,1-2H3. The largest absolute Gasteiger partial charge is 0.319 e. The molecule has 1 aliphatic carbocycles. The molecule has 1 aliphatic rings. The number of nitrogens with zero attached hydrogens (tertiary/aromatic N) is 2. The highest BCUT2D eigenvalue weighted by atomic mass is 15.1. The molecule has 0 bridgehead atoms. The summed E-state index contributed by atoms with van der Waals surface area (Å²) in [6.45, 7) is 4.02. The van der Waals surface area contributed by atoms with Crippen molar-refractivity contribution in [1.29, 1.82) is 0 Å². The molecule has 0 aliphatic heterocycles. The van der Waals surface area contributed by atoms with Crippen molar-refractivity contribution >= 4 is 5.52 Å². The molecular formula is C13H17N3. The third kappa shape index (κ3) is 1.28. The highest BCUT2D eigenvalue weighted by Crippen LogP contribution is 2.28. The summed E-state index contributed by atoms with van der Waals surface area (Å²) in [5.41, 5.74) is 9.71. The minimum absolute atomic E-state index is 0.385. The van der Waals surface area contributed by atoms with Crippen molar-refractivity contribution in [3.8, 4) is 0 Å². The zero-order chi connectivity index (χ0) is 11.3. The number of aryl methyl sites for hydroxylation is 2. The van der Waals surface area contributed by atoms with Crippen LogP contribution in [0.1, 0.15) is 37.4 Å². The third-order valence-electron chi connectivity index (χ3n) is 3.26. The van der Waals surface area contributed by atoms with Crippen molar-refractivity contribution in [3.05, 3.63) is 35.4 Å². The van der Waals surface area contributed by atoms with E-state index in [0.29, 0.717) is 0 Å². The lowest BCUT2D eigenvalue weighted by Crippen LogP contribution is -2.31. The van der Waals surface area contributed by atoms with Crippen LogP contribution in [0.4, 0.5) is 0 Å². The average Bonchev–Trinajstić information content (AvgIpc) is 2.60. The number of imidazole rings is 1. The second-order valence-corrected chi connectivity index (χ2v) is 5.21. The van der Waals surface area contributed by atoms with E-state index in [0.717, 1.165) is 18.7 Å². The van der Waals surface area contributed by atoms with Crippen molar-refractivity contribution in [2.75, 3.05) is 0 Å². The van der Waals surface area contributed by atoms with Gasteiger partial charge in [0.15, 0.2) is 0 Å². The number of hydrogen-bond acceptors (Lipinski definition) is 2. The van der Waals surface area contributed by atoms with Crippen LogP contribution in [0.15, 0.2) is 18.3 Å². The maximum absolute atomic E-state index is 6.18. The summed E-state index contributed by atoms with van der Waals surface area (Å²) in [4.78, 5) is 4.73. The Kier molecular flexibility index (Phi) is 1.89. The lowest BCUT2D eigenvalue weighted by molar-refractivity contribution is 0.511. The summed E-state index contributed by atoms with van der Waals surface area (Å²) in [5, 5.41) is 0. The van der Waals surface area contributed by atoms with Crippen molar-refractivity contribution in [3.63, 3.8) is 0 Å². The van der Waals surface area contributed by atoms with E-state index in [9.17, 15) is 0 Å². The van der Waals surface area contributed by atoms with Crippen LogP contribution in [0, 0.1) is 0 Å². The Balaban J connectivity index is 2.39. The molecule has 84 valence electrons.